The van der Waals surface area contributed by atoms with Crippen LogP contribution in [0.5, 0.6) is 0 Å². The van der Waals surface area contributed by atoms with Gasteiger partial charge in [0.1, 0.15) is 6.23 Å². The van der Waals surface area contributed by atoms with Crippen LogP contribution in [0.15, 0.2) is 36.4 Å². The zero-order chi connectivity index (χ0) is 13.2. The first-order chi connectivity index (χ1) is 8.76. The van der Waals surface area contributed by atoms with Gasteiger partial charge in [-0.1, -0.05) is 65.1 Å². The Morgan fingerprint density at radius 1 is 1.44 bits per heavy atom. The third-order valence-corrected chi connectivity index (χ3v) is 3.01. The predicted molar refractivity (Wildman–Crippen MR) is 82.5 cm³/mol. The number of halogens is 1. The number of hydrogen-bond acceptors (Lipinski definition) is 2. The Hall–Kier alpha value is -0.880. The Morgan fingerprint density at radius 2 is 2.17 bits per heavy atom. The molecule has 1 rings (SSSR count). The largest absolute Gasteiger partial charge is 0.362 e. The van der Waals surface area contributed by atoms with Crippen LogP contribution in [0.4, 0.5) is 0 Å². The highest BCUT2D eigenvalue weighted by Gasteiger charge is 2.08. The molecule has 0 aromatic heterocycles. The van der Waals surface area contributed by atoms with Gasteiger partial charge < -0.3 is 10.1 Å². The molecule has 18 heavy (non-hydrogen) atoms. The summed E-state index contributed by atoms with van der Waals surface area (Å²) >= 11 is 2.26. The second kappa shape index (κ2) is 9.10. The van der Waals surface area contributed by atoms with E-state index in [4.69, 9.17) is 4.74 Å². The lowest BCUT2D eigenvalue weighted by Gasteiger charge is -2.15. The van der Waals surface area contributed by atoms with E-state index in [2.05, 4.69) is 27.9 Å². The summed E-state index contributed by atoms with van der Waals surface area (Å²) in [4.78, 5) is 11.6. The van der Waals surface area contributed by atoms with Crippen molar-refractivity contribution < 1.29 is 9.53 Å². The van der Waals surface area contributed by atoms with Crippen molar-refractivity contribution >= 4 is 34.6 Å². The fourth-order valence-electron chi connectivity index (χ4n) is 1.45. The van der Waals surface area contributed by atoms with Crippen molar-refractivity contribution in [1.29, 1.82) is 0 Å². The van der Waals surface area contributed by atoms with Crippen LogP contribution in [-0.4, -0.2) is 23.7 Å². The van der Waals surface area contributed by atoms with Crippen LogP contribution < -0.4 is 5.32 Å². The van der Waals surface area contributed by atoms with Crippen molar-refractivity contribution in [1.82, 2.24) is 5.32 Å². The number of rotatable bonds is 7. The molecule has 0 fully saturated rings. The van der Waals surface area contributed by atoms with Gasteiger partial charge >= 0.3 is 0 Å². The highest BCUT2D eigenvalue weighted by molar-refractivity contribution is 14.1. The monoisotopic (exact) mass is 359 g/mol. The summed E-state index contributed by atoms with van der Waals surface area (Å²) in [6.07, 6.45) is 4.82. The van der Waals surface area contributed by atoms with Crippen molar-refractivity contribution in [2.45, 2.75) is 19.1 Å². The van der Waals surface area contributed by atoms with Crippen molar-refractivity contribution in [3.63, 3.8) is 0 Å². The van der Waals surface area contributed by atoms with E-state index in [-0.39, 0.29) is 12.1 Å². The Balaban J connectivity index is 2.34. The number of carbonyl (C=O) groups is 1. The maximum Gasteiger partial charge on any atom is 0.225 e. The highest BCUT2D eigenvalue weighted by Crippen LogP contribution is 2.02. The van der Waals surface area contributed by atoms with Gasteiger partial charge in [0.15, 0.2) is 0 Å². The minimum atomic E-state index is -0.181. The molecule has 0 bridgehead atoms. The molecule has 1 unspecified atom stereocenters. The van der Waals surface area contributed by atoms with Crippen LogP contribution in [0.2, 0.25) is 0 Å². The van der Waals surface area contributed by atoms with Gasteiger partial charge in [-0.25, -0.2) is 0 Å². The van der Waals surface area contributed by atoms with Crippen molar-refractivity contribution in [2.24, 2.45) is 0 Å². The van der Waals surface area contributed by atoms with Crippen LogP contribution in [0.25, 0.3) is 6.08 Å². The molecule has 0 heterocycles. The first kappa shape index (κ1) is 15.2. The third-order valence-electron chi connectivity index (χ3n) is 2.39. The molecule has 0 saturated heterocycles. The van der Waals surface area contributed by atoms with Crippen LogP contribution in [0, 0.1) is 0 Å². The van der Waals surface area contributed by atoms with E-state index in [0.29, 0.717) is 6.42 Å². The molecule has 0 saturated carbocycles. The number of hydrogen-bond donors (Lipinski definition) is 1. The molecule has 98 valence electrons. The smallest absolute Gasteiger partial charge is 0.225 e. The van der Waals surface area contributed by atoms with Crippen LogP contribution in [0.1, 0.15) is 18.4 Å². The normalized spacial score (nSPS) is 12.6. The molecule has 0 aliphatic heterocycles. The van der Waals surface area contributed by atoms with Crippen LogP contribution in [0.3, 0.4) is 0 Å². The minimum absolute atomic E-state index is 0.0149. The minimum Gasteiger partial charge on any atom is -0.362 e. The zero-order valence-electron chi connectivity index (χ0n) is 10.4. The lowest BCUT2D eigenvalue weighted by Crippen LogP contribution is -2.36. The second-order valence-corrected chi connectivity index (χ2v) is 4.87. The van der Waals surface area contributed by atoms with Gasteiger partial charge in [0, 0.05) is 24.4 Å². The molecule has 1 atom stereocenters. The van der Waals surface area contributed by atoms with E-state index < -0.39 is 0 Å². The Kier molecular flexibility index (Phi) is 7.68. The molecule has 1 aromatic carbocycles. The van der Waals surface area contributed by atoms with E-state index in [1.165, 1.54) is 0 Å². The molecular formula is C14H18INO2. The number of alkyl halides is 1. The Labute approximate surface area is 122 Å². The number of carbonyl (C=O) groups excluding carboxylic acids is 1. The van der Waals surface area contributed by atoms with E-state index in [0.717, 1.165) is 16.4 Å². The van der Waals surface area contributed by atoms with E-state index >= 15 is 0 Å². The summed E-state index contributed by atoms with van der Waals surface area (Å²) in [5, 5.41) is 2.84. The maximum atomic E-state index is 11.6. The summed E-state index contributed by atoms with van der Waals surface area (Å²) < 4.78 is 6.12. The summed E-state index contributed by atoms with van der Waals surface area (Å²) in [7, 11) is 1.61. The fraction of sp³-hybridized carbons (Fsp3) is 0.357. The predicted octanol–water partition coefficient (Wildman–Crippen LogP) is 3.00. The lowest BCUT2D eigenvalue weighted by atomic mass is 10.2. The van der Waals surface area contributed by atoms with Gasteiger partial charge in [-0.15, -0.1) is 0 Å². The molecule has 3 nitrogen and oxygen atoms in total. The Morgan fingerprint density at radius 3 is 2.78 bits per heavy atom. The van der Waals surface area contributed by atoms with Gasteiger partial charge in [-0.2, -0.15) is 0 Å². The fourth-order valence-corrected chi connectivity index (χ4v) is 2.02. The maximum absolute atomic E-state index is 11.6. The van der Waals surface area contributed by atoms with E-state index in [1.807, 2.05) is 42.5 Å². The van der Waals surface area contributed by atoms with Gasteiger partial charge in [-0.3, -0.25) is 4.79 Å². The van der Waals surface area contributed by atoms with Crippen LogP contribution in [-0.2, 0) is 9.53 Å². The van der Waals surface area contributed by atoms with E-state index in [1.54, 1.807) is 7.11 Å². The summed E-state index contributed by atoms with van der Waals surface area (Å²) in [5.41, 5.74) is 1.10. The van der Waals surface area contributed by atoms with Crippen molar-refractivity contribution in [2.75, 3.05) is 11.5 Å². The number of benzene rings is 1. The van der Waals surface area contributed by atoms with E-state index in [9.17, 15) is 4.79 Å². The van der Waals surface area contributed by atoms with Crippen molar-refractivity contribution in [3.05, 3.63) is 42.0 Å². The number of methoxy groups -OCH3 is 1. The summed E-state index contributed by atoms with van der Waals surface area (Å²) in [6, 6.07) is 9.92. The molecule has 1 aromatic rings. The van der Waals surface area contributed by atoms with Gasteiger partial charge in [0.2, 0.25) is 5.91 Å². The zero-order valence-corrected chi connectivity index (χ0v) is 12.6. The average Bonchev–Trinajstić information content (AvgIpc) is 2.39. The topological polar surface area (TPSA) is 38.3 Å². The first-order valence-electron chi connectivity index (χ1n) is 5.86. The molecule has 0 radical (unpaired) electrons. The highest BCUT2D eigenvalue weighted by atomic mass is 127. The second-order valence-electron chi connectivity index (χ2n) is 3.79. The summed E-state index contributed by atoms with van der Waals surface area (Å²) in [5.74, 6) is -0.0149. The molecule has 1 amide bonds. The number of nitrogens with one attached hydrogen (secondary N) is 1. The molecule has 0 aliphatic rings. The molecule has 4 heteroatoms. The van der Waals surface area contributed by atoms with Crippen LogP contribution >= 0.6 is 22.6 Å². The van der Waals surface area contributed by atoms with Gasteiger partial charge in [-0.05, 0) is 5.56 Å². The van der Waals surface area contributed by atoms with Crippen molar-refractivity contribution in [3.8, 4) is 0 Å². The SMILES string of the molecule is COC(CCI)NC(=O)C/C=C/c1ccccc1. The quantitative estimate of drug-likeness (QED) is 0.462. The Bertz CT molecular complexity index is 379. The molecule has 0 spiro atoms. The number of amides is 1. The number of ether oxygens (including phenoxy) is 1. The lowest BCUT2D eigenvalue weighted by molar-refractivity contribution is -0.123. The molecule has 1 N–H and O–H groups in total. The summed E-state index contributed by atoms with van der Waals surface area (Å²) in [6.45, 7) is 0. The molecular weight excluding hydrogens is 341 g/mol. The molecule has 0 aliphatic carbocycles. The third kappa shape index (κ3) is 6.16. The van der Waals surface area contributed by atoms with Gasteiger partial charge in [0.05, 0.1) is 0 Å². The first-order valence-corrected chi connectivity index (χ1v) is 7.38. The van der Waals surface area contributed by atoms with Gasteiger partial charge in [0.25, 0.3) is 0 Å². The standard InChI is InChI=1S/C14H18INO2/c1-18-14(10-11-15)16-13(17)9-5-8-12-6-3-2-4-7-12/h2-8,14H,9-11H2,1H3,(H,16,17)/b8-5+. The average molecular weight is 359 g/mol.